The van der Waals surface area contributed by atoms with E-state index in [9.17, 15) is 9.59 Å². The molecule has 0 aliphatic carbocycles. The Morgan fingerprint density at radius 3 is 1.07 bits per heavy atom. The molecule has 0 bridgehead atoms. The molecule has 14 heavy (non-hydrogen) atoms. The van der Waals surface area contributed by atoms with Gasteiger partial charge in [0.2, 0.25) is 11.8 Å². The summed E-state index contributed by atoms with van der Waals surface area (Å²) in [7, 11) is 0. The molecular formula is C8H14N2O4. The molecule has 0 aromatic carbocycles. The smallest absolute Gasteiger partial charge is 0.240 e. The number of primary amides is 2. The van der Waals surface area contributed by atoms with Gasteiger partial charge in [-0.1, -0.05) is 13.2 Å². The van der Waals surface area contributed by atoms with E-state index in [-0.39, 0.29) is 0 Å². The van der Waals surface area contributed by atoms with Gasteiger partial charge < -0.3 is 21.7 Å². The maximum Gasteiger partial charge on any atom is 0.240 e. The zero-order valence-corrected chi connectivity index (χ0v) is 7.59. The molecule has 6 N–H and O–H groups in total. The molecule has 6 nitrogen and oxygen atoms in total. The van der Waals surface area contributed by atoms with Crippen LogP contribution in [0, 0.1) is 0 Å². The summed E-state index contributed by atoms with van der Waals surface area (Å²) in [5, 5.41) is 14.9. The molecule has 0 aliphatic heterocycles. The number of aliphatic hydroxyl groups is 2. The van der Waals surface area contributed by atoms with Crippen LogP contribution in [0.5, 0.6) is 0 Å². The molecule has 0 aliphatic rings. The maximum absolute atomic E-state index is 9.47. The number of aliphatic hydroxyl groups excluding tert-OH is 2. The molecule has 0 heterocycles. The summed E-state index contributed by atoms with van der Waals surface area (Å²) < 4.78 is 0. The number of carbonyl (C=O) groups is 2. The van der Waals surface area contributed by atoms with Gasteiger partial charge in [-0.3, -0.25) is 9.59 Å². The molecule has 0 saturated heterocycles. The van der Waals surface area contributed by atoms with E-state index in [1.165, 1.54) is 0 Å². The van der Waals surface area contributed by atoms with Gasteiger partial charge in [0.05, 0.1) is 0 Å². The molecular weight excluding hydrogens is 188 g/mol. The van der Waals surface area contributed by atoms with E-state index in [0.717, 1.165) is 12.2 Å². The lowest BCUT2D eigenvalue weighted by Gasteiger charge is -1.65. The fourth-order valence-corrected chi connectivity index (χ4v) is 0. The van der Waals surface area contributed by atoms with Gasteiger partial charge in [0, 0.05) is 0 Å². The molecule has 0 aromatic rings. The summed E-state index contributed by atoms with van der Waals surface area (Å²) in [5.41, 5.74) is 9.07. The Bertz CT molecular complexity index is 189. The van der Waals surface area contributed by atoms with Crippen molar-refractivity contribution in [3.05, 3.63) is 37.8 Å². The summed E-state index contributed by atoms with van der Waals surface area (Å²) >= 11 is 0. The third-order valence-corrected chi connectivity index (χ3v) is 0.469. The van der Waals surface area contributed by atoms with Crippen molar-refractivity contribution >= 4 is 11.8 Å². The Morgan fingerprint density at radius 1 is 0.929 bits per heavy atom. The molecule has 0 aromatic heterocycles. The van der Waals surface area contributed by atoms with Crippen LogP contribution < -0.4 is 11.5 Å². The first-order valence-corrected chi connectivity index (χ1v) is 3.23. The van der Waals surface area contributed by atoms with Crippen molar-refractivity contribution in [1.29, 1.82) is 0 Å². The molecule has 2 amide bonds. The second-order valence-corrected chi connectivity index (χ2v) is 1.51. The van der Waals surface area contributed by atoms with Crippen LogP contribution in [-0.2, 0) is 9.59 Å². The topological polar surface area (TPSA) is 127 Å². The normalized spacial score (nSPS) is 7.14. The third kappa shape index (κ3) is 98.3. The highest BCUT2D eigenvalue weighted by molar-refractivity contribution is 5.85. The van der Waals surface area contributed by atoms with Crippen LogP contribution in [0.15, 0.2) is 37.8 Å². The molecule has 0 spiro atoms. The summed E-state index contributed by atoms with van der Waals surface area (Å²) in [4.78, 5) is 18.9. The highest BCUT2D eigenvalue weighted by atomic mass is 16.3. The Balaban J connectivity index is -0.000000131. The maximum atomic E-state index is 9.47. The van der Waals surface area contributed by atoms with Gasteiger partial charge in [0.1, 0.15) is 12.5 Å². The first-order valence-electron chi connectivity index (χ1n) is 3.23. The lowest BCUT2D eigenvalue weighted by Crippen LogP contribution is -2.04. The second-order valence-electron chi connectivity index (χ2n) is 1.51. The van der Waals surface area contributed by atoms with Crippen LogP contribution in [-0.4, -0.2) is 22.0 Å². The Kier molecular flexibility index (Phi) is 21.6. The fraction of sp³-hybridized carbons (Fsp3) is 0. The zero-order chi connectivity index (χ0) is 12.0. The summed E-state index contributed by atoms with van der Waals surface area (Å²) in [6.45, 7) is 6.17. The highest BCUT2D eigenvalue weighted by Gasteiger charge is 1.69. The van der Waals surface area contributed by atoms with Crippen molar-refractivity contribution in [3.63, 3.8) is 0 Å². The van der Waals surface area contributed by atoms with Gasteiger partial charge in [0.25, 0.3) is 0 Å². The standard InChI is InChI=1S/2C3H5NO.C2H4O2/c2*1-2-3(4)5;3-1-2-4/h2*2H,1H2,(H2,4,5);1-4H. The average Bonchev–Trinajstić information content (AvgIpc) is 2.19. The fourth-order valence-electron chi connectivity index (χ4n) is 0. The number of hydrogen-bond donors (Lipinski definition) is 4. The van der Waals surface area contributed by atoms with Crippen molar-refractivity contribution in [1.82, 2.24) is 0 Å². The predicted octanol–water partition coefficient (Wildman–Crippen LogP) is -0.111. The molecule has 0 saturated carbocycles. The van der Waals surface area contributed by atoms with Crippen LogP contribution in [0.3, 0.4) is 0 Å². The zero-order valence-electron chi connectivity index (χ0n) is 7.59. The van der Waals surface area contributed by atoms with Crippen molar-refractivity contribution in [2.45, 2.75) is 0 Å². The lowest BCUT2D eigenvalue weighted by molar-refractivity contribution is -0.114. The molecule has 0 rings (SSSR count). The van der Waals surface area contributed by atoms with Crippen LogP contribution in [0.25, 0.3) is 0 Å². The van der Waals surface area contributed by atoms with E-state index in [1.54, 1.807) is 0 Å². The molecule has 0 fully saturated rings. The van der Waals surface area contributed by atoms with Gasteiger partial charge >= 0.3 is 0 Å². The quantitative estimate of drug-likeness (QED) is 0.368. The number of hydrogen-bond acceptors (Lipinski definition) is 4. The van der Waals surface area contributed by atoms with Crippen LogP contribution in [0.1, 0.15) is 0 Å². The molecule has 80 valence electrons. The Morgan fingerprint density at radius 2 is 1.07 bits per heavy atom. The molecule has 0 unspecified atom stereocenters. The molecule has 0 atom stereocenters. The number of carbonyl (C=O) groups excluding carboxylic acids is 2. The van der Waals surface area contributed by atoms with E-state index in [2.05, 4.69) is 24.6 Å². The average molecular weight is 202 g/mol. The third-order valence-electron chi connectivity index (χ3n) is 0.469. The van der Waals surface area contributed by atoms with E-state index in [1.807, 2.05) is 0 Å². The second kappa shape index (κ2) is 17.0. The van der Waals surface area contributed by atoms with Crippen molar-refractivity contribution < 1.29 is 19.8 Å². The monoisotopic (exact) mass is 202 g/mol. The summed E-state index contributed by atoms with van der Waals surface area (Å²) in [6, 6.07) is 0. The number of nitrogens with two attached hydrogens (primary N) is 2. The summed E-state index contributed by atoms with van der Waals surface area (Å²) in [6.07, 6.45) is 3.22. The Labute approximate surface area is 81.8 Å². The van der Waals surface area contributed by atoms with Crippen LogP contribution in [0.2, 0.25) is 0 Å². The summed E-state index contributed by atoms with van der Waals surface area (Å²) in [5.74, 6) is -0.963. The highest BCUT2D eigenvalue weighted by Crippen LogP contribution is 1.49. The van der Waals surface area contributed by atoms with E-state index in [0.29, 0.717) is 12.5 Å². The van der Waals surface area contributed by atoms with Crippen molar-refractivity contribution in [3.8, 4) is 0 Å². The minimum Gasteiger partial charge on any atom is -0.512 e. The first kappa shape index (κ1) is 17.7. The SMILES string of the molecule is C=CC(N)=O.C=CC(N)=O.OC=CO. The molecule has 0 radical (unpaired) electrons. The first-order chi connectivity index (χ1) is 6.45. The lowest BCUT2D eigenvalue weighted by atomic mass is 10.6. The predicted molar refractivity (Wildman–Crippen MR) is 53.2 cm³/mol. The van der Waals surface area contributed by atoms with Gasteiger partial charge in [-0.15, -0.1) is 0 Å². The van der Waals surface area contributed by atoms with Gasteiger partial charge in [-0.2, -0.15) is 0 Å². The van der Waals surface area contributed by atoms with Gasteiger partial charge in [-0.25, -0.2) is 0 Å². The number of rotatable bonds is 2. The minimum absolute atomic E-state index is 0.481. The van der Waals surface area contributed by atoms with E-state index >= 15 is 0 Å². The van der Waals surface area contributed by atoms with E-state index in [4.69, 9.17) is 10.2 Å². The van der Waals surface area contributed by atoms with Gasteiger partial charge in [-0.05, 0) is 12.2 Å². The van der Waals surface area contributed by atoms with Gasteiger partial charge in [0.15, 0.2) is 0 Å². The van der Waals surface area contributed by atoms with Crippen LogP contribution in [0.4, 0.5) is 0 Å². The Hall–Kier alpha value is -2.24. The minimum atomic E-state index is -0.481. The van der Waals surface area contributed by atoms with Crippen LogP contribution >= 0.6 is 0 Å². The van der Waals surface area contributed by atoms with E-state index < -0.39 is 11.8 Å². The molecule has 6 heteroatoms. The number of amides is 2. The largest absolute Gasteiger partial charge is 0.512 e. The van der Waals surface area contributed by atoms with Crippen molar-refractivity contribution in [2.24, 2.45) is 11.5 Å². The van der Waals surface area contributed by atoms with Crippen molar-refractivity contribution in [2.75, 3.05) is 0 Å².